The molecular weight excluding hydrogens is 346 g/mol. The van der Waals surface area contributed by atoms with E-state index in [1.54, 1.807) is 0 Å². The van der Waals surface area contributed by atoms with Gasteiger partial charge in [0.25, 0.3) is 5.69 Å². The number of carbonyl (C=O) groups excluding carboxylic acids is 1. The van der Waals surface area contributed by atoms with Crippen LogP contribution in [0.1, 0.15) is 12.0 Å². The molecule has 0 atom stereocenters. The molecule has 7 nitrogen and oxygen atoms in total. The number of amides is 2. The van der Waals surface area contributed by atoms with Crippen LogP contribution in [0.3, 0.4) is 0 Å². The van der Waals surface area contributed by atoms with Crippen LogP contribution >= 0.6 is 11.6 Å². The highest BCUT2D eigenvalue weighted by Gasteiger charge is 2.13. The molecule has 0 saturated heterocycles. The number of ether oxygens (including phenoxy) is 1. The first kappa shape index (κ1) is 18.5. The van der Waals surface area contributed by atoms with Crippen molar-refractivity contribution in [3.8, 4) is 5.75 Å². The molecule has 2 amide bonds. The zero-order valence-corrected chi connectivity index (χ0v) is 14.4. The van der Waals surface area contributed by atoms with Crippen molar-refractivity contribution in [2.45, 2.75) is 13.3 Å². The van der Waals surface area contributed by atoms with Crippen molar-refractivity contribution >= 4 is 29.0 Å². The third kappa shape index (κ3) is 5.96. The van der Waals surface area contributed by atoms with Crippen molar-refractivity contribution in [2.24, 2.45) is 0 Å². The zero-order valence-electron chi connectivity index (χ0n) is 13.6. The number of nitro groups is 1. The van der Waals surface area contributed by atoms with E-state index in [2.05, 4.69) is 10.6 Å². The van der Waals surface area contributed by atoms with Crippen LogP contribution in [0.25, 0.3) is 0 Å². The maximum absolute atomic E-state index is 11.8. The Bertz CT molecular complexity index is 750. The normalized spacial score (nSPS) is 10.2. The van der Waals surface area contributed by atoms with E-state index in [0.29, 0.717) is 25.3 Å². The van der Waals surface area contributed by atoms with Gasteiger partial charge in [-0.2, -0.15) is 0 Å². The Balaban J connectivity index is 1.71. The van der Waals surface area contributed by atoms with Crippen LogP contribution in [-0.4, -0.2) is 24.1 Å². The van der Waals surface area contributed by atoms with E-state index in [-0.39, 0.29) is 10.7 Å². The minimum Gasteiger partial charge on any atom is -0.494 e. The number of rotatable bonds is 7. The number of nitrogens with one attached hydrogen (secondary N) is 2. The van der Waals surface area contributed by atoms with E-state index >= 15 is 0 Å². The van der Waals surface area contributed by atoms with Crippen molar-refractivity contribution in [1.29, 1.82) is 0 Å². The number of carbonyl (C=O) groups is 1. The first-order valence-electron chi connectivity index (χ1n) is 7.64. The number of nitro benzene ring substituents is 1. The zero-order chi connectivity index (χ0) is 18.2. The summed E-state index contributed by atoms with van der Waals surface area (Å²) in [6.07, 6.45) is 0.627. The van der Waals surface area contributed by atoms with Crippen molar-refractivity contribution in [2.75, 3.05) is 18.5 Å². The molecule has 2 rings (SSSR count). The number of anilines is 1. The number of hydrogen-bond donors (Lipinski definition) is 2. The summed E-state index contributed by atoms with van der Waals surface area (Å²) >= 11 is 5.72. The summed E-state index contributed by atoms with van der Waals surface area (Å²) in [4.78, 5) is 22.0. The average Bonchev–Trinajstić information content (AvgIpc) is 2.57. The Morgan fingerprint density at radius 3 is 2.64 bits per heavy atom. The summed E-state index contributed by atoms with van der Waals surface area (Å²) in [5.74, 6) is 0.781. The molecule has 2 N–H and O–H groups in total. The largest absolute Gasteiger partial charge is 0.494 e. The molecular formula is C17H18ClN3O4. The van der Waals surface area contributed by atoms with Crippen molar-refractivity contribution < 1.29 is 14.5 Å². The van der Waals surface area contributed by atoms with Crippen LogP contribution in [0, 0.1) is 17.0 Å². The molecule has 0 fully saturated rings. The quantitative estimate of drug-likeness (QED) is 0.439. The predicted octanol–water partition coefficient (Wildman–Crippen LogP) is 4.15. The van der Waals surface area contributed by atoms with Crippen LogP contribution in [0.5, 0.6) is 5.75 Å². The standard InChI is InChI=1S/C17H18ClN3O4/c1-12-3-6-14(7-4-12)25-10-2-9-19-17(22)20-13-5-8-15(18)16(11-13)21(23)24/h3-8,11H,2,9-10H2,1H3,(H2,19,20,22). The monoisotopic (exact) mass is 363 g/mol. The van der Waals surface area contributed by atoms with Gasteiger partial charge in [0, 0.05) is 18.3 Å². The Morgan fingerprint density at radius 2 is 1.96 bits per heavy atom. The van der Waals surface area contributed by atoms with Crippen LogP contribution in [0.2, 0.25) is 5.02 Å². The van der Waals surface area contributed by atoms with Gasteiger partial charge >= 0.3 is 6.03 Å². The molecule has 0 aliphatic carbocycles. The van der Waals surface area contributed by atoms with Crippen LogP contribution in [0.4, 0.5) is 16.2 Å². The van der Waals surface area contributed by atoms with E-state index in [0.717, 1.165) is 11.3 Å². The molecule has 0 bridgehead atoms. The van der Waals surface area contributed by atoms with E-state index in [4.69, 9.17) is 16.3 Å². The van der Waals surface area contributed by atoms with Crippen LogP contribution < -0.4 is 15.4 Å². The van der Waals surface area contributed by atoms with Gasteiger partial charge in [0.15, 0.2) is 0 Å². The lowest BCUT2D eigenvalue weighted by molar-refractivity contribution is -0.384. The molecule has 0 heterocycles. The van der Waals surface area contributed by atoms with Gasteiger partial charge in [0.05, 0.1) is 11.5 Å². The fourth-order valence-electron chi connectivity index (χ4n) is 2.00. The van der Waals surface area contributed by atoms with E-state index in [1.807, 2.05) is 31.2 Å². The van der Waals surface area contributed by atoms with Crippen LogP contribution in [0.15, 0.2) is 42.5 Å². The number of urea groups is 1. The Kier molecular flexibility index (Phi) is 6.59. The summed E-state index contributed by atoms with van der Waals surface area (Å²) in [5.41, 5.74) is 1.20. The summed E-state index contributed by atoms with van der Waals surface area (Å²) in [6, 6.07) is 11.3. The molecule has 132 valence electrons. The van der Waals surface area contributed by atoms with Gasteiger partial charge in [-0.05, 0) is 37.6 Å². The summed E-state index contributed by atoms with van der Waals surface area (Å²) in [5, 5.41) is 16.0. The number of aryl methyl sites for hydroxylation is 1. The molecule has 2 aromatic carbocycles. The third-order valence-corrected chi connectivity index (χ3v) is 3.62. The highest BCUT2D eigenvalue weighted by atomic mass is 35.5. The van der Waals surface area contributed by atoms with Gasteiger partial charge in [0.1, 0.15) is 10.8 Å². The molecule has 0 aromatic heterocycles. The summed E-state index contributed by atoms with van der Waals surface area (Å²) in [7, 11) is 0. The van der Waals surface area contributed by atoms with Gasteiger partial charge in [-0.3, -0.25) is 10.1 Å². The highest BCUT2D eigenvalue weighted by Crippen LogP contribution is 2.27. The topological polar surface area (TPSA) is 93.5 Å². The average molecular weight is 364 g/mol. The number of halogens is 1. The Hall–Kier alpha value is -2.80. The smallest absolute Gasteiger partial charge is 0.319 e. The van der Waals surface area contributed by atoms with Gasteiger partial charge in [-0.15, -0.1) is 0 Å². The van der Waals surface area contributed by atoms with Crippen molar-refractivity contribution in [3.05, 3.63) is 63.2 Å². The number of nitrogens with zero attached hydrogens (tertiary/aromatic N) is 1. The predicted molar refractivity (Wildman–Crippen MR) is 96.4 cm³/mol. The first-order chi connectivity index (χ1) is 12.0. The fourth-order valence-corrected chi connectivity index (χ4v) is 2.19. The fraction of sp³-hybridized carbons (Fsp3) is 0.235. The molecule has 0 unspecified atom stereocenters. The second-order valence-electron chi connectivity index (χ2n) is 5.32. The SMILES string of the molecule is Cc1ccc(OCCCNC(=O)Nc2ccc(Cl)c([N+](=O)[O-])c2)cc1. The van der Waals surface area contributed by atoms with Crippen LogP contribution in [-0.2, 0) is 0 Å². The lowest BCUT2D eigenvalue weighted by atomic mass is 10.2. The van der Waals surface area contributed by atoms with Gasteiger partial charge in [0.2, 0.25) is 0 Å². The molecule has 25 heavy (non-hydrogen) atoms. The Morgan fingerprint density at radius 1 is 1.24 bits per heavy atom. The Labute approximate surface area is 150 Å². The van der Waals surface area contributed by atoms with Gasteiger partial charge in [-0.1, -0.05) is 29.3 Å². The van der Waals surface area contributed by atoms with Crippen molar-refractivity contribution in [1.82, 2.24) is 5.32 Å². The number of benzene rings is 2. The highest BCUT2D eigenvalue weighted by molar-refractivity contribution is 6.32. The number of hydrogen-bond acceptors (Lipinski definition) is 4. The third-order valence-electron chi connectivity index (χ3n) is 3.30. The maximum Gasteiger partial charge on any atom is 0.319 e. The molecule has 8 heteroatoms. The van der Waals surface area contributed by atoms with E-state index in [9.17, 15) is 14.9 Å². The first-order valence-corrected chi connectivity index (χ1v) is 8.02. The van der Waals surface area contributed by atoms with E-state index in [1.165, 1.54) is 18.2 Å². The molecule has 0 aliphatic heterocycles. The minimum atomic E-state index is -0.603. The van der Waals surface area contributed by atoms with E-state index < -0.39 is 11.0 Å². The summed E-state index contributed by atoms with van der Waals surface area (Å²) in [6.45, 7) is 2.88. The maximum atomic E-state index is 11.8. The van der Waals surface area contributed by atoms with Gasteiger partial charge < -0.3 is 15.4 Å². The van der Waals surface area contributed by atoms with Gasteiger partial charge in [-0.25, -0.2) is 4.79 Å². The molecule has 0 saturated carbocycles. The minimum absolute atomic E-state index is 0.0178. The molecule has 0 spiro atoms. The van der Waals surface area contributed by atoms with Crippen molar-refractivity contribution in [3.63, 3.8) is 0 Å². The molecule has 2 aromatic rings. The molecule has 0 aliphatic rings. The lowest BCUT2D eigenvalue weighted by Gasteiger charge is -2.09. The lowest BCUT2D eigenvalue weighted by Crippen LogP contribution is -2.30. The second-order valence-corrected chi connectivity index (χ2v) is 5.73. The summed E-state index contributed by atoms with van der Waals surface area (Å²) < 4.78 is 5.56. The second kappa shape index (κ2) is 8.89. The molecule has 0 radical (unpaired) electrons.